The van der Waals surface area contributed by atoms with Crippen LogP contribution in [0.3, 0.4) is 0 Å². The van der Waals surface area contributed by atoms with Crippen molar-refractivity contribution in [1.29, 1.82) is 0 Å². The van der Waals surface area contributed by atoms with Crippen molar-refractivity contribution >= 4 is 11.0 Å². The van der Waals surface area contributed by atoms with E-state index in [0.717, 1.165) is 33.7 Å². The minimum Gasteiger partial charge on any atom is -0.507 e. The summed E-state index contributed by atoms with van der Waals surface area (Å²) in [5, 5.41) is 10.5. The van der Waals surface area contributed by atoms with Gasteiger partial charge < -0.3 is 5.11 Å². The summed E-state index contributed by atoms with van der Waals surface area (Å²) >= 11 is 0. The van der Waals surface area contributed by atoms with Crippen LogP contribution in [0.5, 0.6) is 5.75 Å². The fourth-order valence-electron chi connectivity index (χ4n) is 3.63. The first kappa shape index (κ1) is 16.3. The van der Waals surface area contributed by atoms with Gasteiger partial charge in [0.15, 0.2) is 0 Å². The summed E-state index contributed by atoms with van der Waals surface area (Å²) in [5.74, 6) is 0.943. The van der Waals surface area contributed by atoms with E-state index in [1.165, 1.54) is 0 Å². The Morgan fingerprint density at radius 2 is 1.25 bits per heavy atom. The number of aromatic hydroxyl groups is 1. The van der Waals surface area contributed by atoms with Gasteiger partial charge in [0.25, 0.3) is 0 Å². The van der Waals surface area contributed by atoms with Gasteiger partial charge in [0, 0.05) is 11.3 Å². The number of rotatable bonds is 3. The van der Waals surface area contributed by atoms with E-state index in [0.29, 0.717) is 5.56 Å². The van der Waals surface area contributed by atoms with Crippen molar-refractivity contribution in [2.75, 3.05) is 0 Å². The molecule has 0 spiro atoms. The molecule has 0 aliphatic rings. The molecule has 0 fully saturated rings. The minimum absolute atomic E-state index is 0.219. The average molecular weight is 362 g/mol. The van der Waals surface area contributed by atoms with Crippen molar-refractivity contribution in [2.24, 2.45) is 0 Å². The molecule has 1 heterocycles. The highest BCUT2D eigenvalue weighted by atomic mass is 16.3. The predicted octanol–water partition coefficient (Wildman–Crippen LogP) is 6.07. The lowest BCUT2D eigenvalue weighted by atomic mass is 10.0. The largest absolute Gasteiger partial charge is 0.507 e. The highest BCUT2D eigenvalue weighted by molar-refractivity contribution is 5.95. The van der Waals surface area contributed by atoms with E-state index < -0.39 is 0 Å². The summed E-state index contributed by atoms with van der Waals surface area (Å²) in [4.78, 5) is 5.00. The van der Waals surface area contributed by atoms with Gasteiger partial charge in [-0.05, 0) is 35.9 Å². The molecular weight excluding hydrogens is 344 g/mol. The van der Waals surface area contributed by atoms with Gasteiger partial charge in [-0.25, -0.2) is 4.98 Å². The fraction of sp³-hybridized carbons (Fsp3) is 0. The molecule has 0 aliphatic carbocycles. The van der Waals surface area contributed by atoms with Gasteiger partial charge in [-0.2, -0.15) is 0 Å². The molecule has 0 atom stereocenters. The van der Waals surface area contributed by atoms with E-state index in [1.807, 2.05) is 54.6 Å². The Kier molecular flexibility index (Phi) is 3.91. The van der Waals surface area contributed by atoms with E-state index in [4.69, 9.17) is 4.98 Å². The van der Waals surface area contributed by atoms with Crippen molar-refractivity contribution in [3.63, 3.8) is 0 Å². The number of imidazole rings is 1. The Labute approximate surface area is 163 Å². The molecule has 3 nitrogen and oxygen atoms in total. The quantitative estimate of drug-likeness (QED) is 0.423. The van der Waals surface area contributed by atoms with Crippen LogP contribution in [-0.2, 0) is 0 Å². The standard InChI is InChI=1S/C25H18N2O/c28-23-17-8-7-14-21(23)25-26-24-20(18-10-3-1-4-11-18)15-9-16-22(24)27(25)19-12-5-2-6-13-19/h1-17,28H. The highest BCUT2D eigenvalue weighted by Crippen LogP contribution is 2.36. The van der Waals surface area contributed by atoms with Crippen LogP contribution in [0, 0.1) is 0 Å². The van der Waals surface area contributed by atoms with Gasteiger partial charge in [-0.3, -0.25) is 4.57 Å². The molecule has 0 aliphatic heterocycles. The number of aromatic nitrogens is 2. The molecule has 5 aromatic rings. The van der Waals surface area contributed by atoms with Gasteiger partial charge in [-0.1, -0.05) is 72.8 Å². The van der Waals surface area contributed by atoms with E-state index in [2.05, 4.69) is 47.0 Å². The Morgan fingerprint density at radius 3 is 2.00 bits per heavy atom. The van der Waals surface area contributed by atoms with Crippen molar-refractivity contribution in [3.8, 4) is 34.0 Å². The summed E-state index contributed by atoms with van der Waals surface area (Å²) < 4.78 is 2.11. The molecule has 0 radical (unpaired) electrons. The van der Waals surface area contributed by atoms with Crippen LogP contribution < -0.4 is 0 Å². The number of para-hydroxylation sites is 3. The monoisotopic (exact) mass is 362 g/mol. The molecule has 3 heteroatoms. The fourth-order valence-corrected chi connectivity index (χ4v) is 3.63. The van der Waals surface area contributed by atoms with Gasteiger partial charge >= 0.3 is 0 Å². The molecule has 28 heavy (non-hydrogen) atoms. The van der Waals surface area contributed by atoms with E-state index in [9.17, 15) is 5.11 Å². The lowest BCUT2D eigenvalue weighted by molar-refractivity contribution is 0.477. The molecule has 0 bridgehead atoms. The maximum atomic E-state index is 10.5. The maximum absolute atomic E-state index is 10.5. The molecule has 0 amide bonds. The van der Waals surface area contributed by atoms with Crippen molar-refractivity contribution in [3.05, 3.63) is 103 Å². The lowest BCUT2D eigenvalue weighted by Gasteiger charge is -2.10. The number of phenolic OH excluding ortho intramolecular Hbond substituents is 1. The predicted molar refractivity (Wildman–Crippen MR) is 114 cm³/mol. The SMILES string of the molecule is Oc1ccccc1-c1nc2c(-c3ccccc3)cccc2n1-c1ccccc1. The van der Waals surface area contributed by atoms with Gasteiger partial charge in [-0.15, -0.1) is 0 Å². The Bertz CT molecular complexity index is 1260. The van der Waals surface area contributed by atoms with Crippen LogP contribution in [0.4, 0.5) is 0 Å². The molecule has 134 valence electrons. The summed E-state index contributed by atoms with van der Waals surface area (Å²) in [5.41, 5.74) is 5.83. The normalized spacial score (nSPS) is 11.0. The number of hydrogen-bond donors (Lipinski definition) is 1. The van der Waals surface area contributed by atoms with Gasteiger partial charge in [0.2, 0.25) is 0 Å². The second kappa shape index (κ2) is 6.71. The number of hydrogen-bond acceptors (Lipinski definition) is 2. The Balaban J connectivity index is 1.88. The van der Waals surface area contributed by atoms with Crippen molar-refractivity contribution in [1.82, 2.24) is 9.55 Å². The molecule has 1 N–H and O–H groups in total. The summed E-state index contributed by atoms with van der Waals surface area (Å²) in [6.45, 7) is 0. The Hall–Kier alpha value is -3.85. The summed E-state index contributed by atoms with van der Waals surface area (Å²) in [6, 6.07) is 34.0. The van der Waals surface area contributed by atoms with Crippen LogP contribution >= 0.6 is 0 Å². The smallest absolute Gasteiger partial charge is 0.149 e. The van der Waals surface area contributed by atoms with E-state index in [1.54, 1.807) is 6.07 Å². The first-order valence-corrected chi connectivity index (χ1v) is 9.23. The first-order valence-electron chi connectivity index (χ1n) is 9.23. The molecule has 5 rings (SSSR count). The van der Waals surface area contributed by atoms with Crippen LogP contribution in [0.25, 0.3) is 39.2 Å². The van der Waals surface area contributed by atoms with Crippen LogP contribution in [-0.4, -0.2) is 14.7 Å². The van der Waals surface area contributed by atoms with E-state index >= 15 is 0 Å². The maximum Gasteiger partial charge on any atom is 0.149 e. The zero-order chi connectivity index (χ0) is 18.9. The van der Waals surface area contributed by atoms with Crippen molar-refractivity contribution < 1.29 is 5.11 Å². The summed E-state index contributed by atoms with van der Waals surface area (Å²) in [6.07, 6.45) is 0. The zero-order valence-electron chi connectivity index (χ0n) is 15.2. The van der Waals surface area contributed by atoms with E-state index in [-0.39, 0.29) is 5.75 Å². The molecule has 4 aromatic carbocycles. The van der Waals surface area contributed by atoms with Crippen LogP contribution in [0.15, 0.2) is 103 Å². The lowest BCUT2D eigenvalue weighted by Crippen LogP contribution is -1.97. The van der Waals surface area contributed by atoms with Crippen LogP contribution in [0.2, 0.25) is 0 Å². The first-order chi connectivity index (χ1) is 13.8. The second-order valence-electron chi connectivity index (χ2n) is 6.66. The second-order valence-corrected chi connectivity index (χ2v) is 6.66. The molecular formula is C25H18N2O. The number of fused-ring (bicyclic) bond motifs is 1. The molecule has 0 saturated carbocycles. The number of benzene rings is 4. The highest BCUT2D eigenvalue weighted by Gasteiger charge is 2.18. The van der Waals surface area contributed by atoms with Crippen molar-refractivity contribution in [2.45, 2.75) is 0 Å². The molecule has 1 aromatic heterocycles. The van der Waals surface area contributed by atoms with Gasteiger partial charge in [0.1, 0.15) is 11.6 Å². The number of nitrogens with zero attached hydrogens (tertiary/aromatic N) is 2. The average Bonchev–Trinajstić information content (AvgIpc) is 3.14. The Morgan fingerprint density at radius 1 is 0.607 bits per heavy atom. The number of phenols is 1. The third kappa shape index (κ3) is 2.65. The molecule has 0 unspecified atom stereocenters. The minimum atomic E-state index is 0.219. The molecule has 0 saturated heterocycles. The zero-order valence-corrected chi connectivity index (χ0v) is 15.2. The topological polar surface area (TPSA) is 38.1 Å². The summed E-state index contributed by atoms with van der Waals surface area (Å²) in [7, 11) is 0. The third-order valence-electron chi connectivity index (χ3n) is 4.93. The van der Waals surface area contributed by atoms with Gasteiger partial charge in [0.05, 0.1) is 16.6 Å². The third-order valence-corrected chi connectivity index (χ3v) is 4.93. The van der Waals surface area contributed by atoms with Crippen LogP contribution in [0.1, 0.15) is 0 Å².